The standard InChI is InChI=1S/C20H20N2O3/c1-14-6-3-4-7-15(14)19(23)21-18-9-5-8-17-16(18)10-11-22(20(17)24)12-13-25-2/h3-11H,12-13H2,1-2H3,(H,21,23). The van der Waals surface area contributed by atoms with E-state index in [0.717, 1.165) is 10.9 Å². The van der Waals surface area contributed by atoms with Crippen LogP contribution in [-0.4, -0.2) is 24.2 Å². The van der Waals surface area contributed by atoms with Crippen molar-refractivity contribution in [1.82, 2.24) is 4.57 Å². The molecule has 0 unspecified atom stereocenters. The average Bonchev–Trinajstić information content (AvgIpc) is 2.62. The van der Waals surface area contributed by atoms with E-state index >= 15 is 0 Å². The van der Waals surface area contributed by atoms with Gasteiger partial charge in [0.15, 0.2) is 0 Å². The molecule has 0 aliphatic rings. The highest BCUT2D eigenvalue weighted by molar-refractivity contribution is 6.09. The van der Waals surface area contributed by atoms with Crippen molar-refractivity contribution in [2.75, 3.05) is 19.0 Å². The smallest absolute Gasteiger partial charge is 0.258 e. The summed E-state index contributed by atoms with van der Waals surface area (Å²) >= 11 is 0. The van der Waals surface area contributed by atoms with Gasteiger partial charge in [-0.05, 0) is 36.8 Å². The van der Waals surface area contributed by atoms with Crippen molar-refractivity contribution in [3.8, 4) is 0 Å². The van der Waals surface area contributed by atoms with E-state index in [2.05, 4.69) is 5.32 Å². The molecule has 1 aromatic heterocycles. The summed E-state index contributed by atoms with van der Waals surface area (Å²) in [5.74, 6) is -0.186. The van der Waals surface area contributed by atoms with Crippen molar-refractivity contribution < 1.29 is 9.53 Å². The Bertz CT molecular complexity index is 976. The van der Waals surface area contributed by atoms with Crippen LogP contribution in [0.1, 0.15) is 15.9 Å². The Hall–Kier alpha value is -2.92. The average molecular weight is 336 g/mol. The van der Waals surface area contributed by atoms with Crippen molar-refractivity contribution in [3.63, 3.8) is 0 Å². The number of benzene rings is 2. The second kappa shape index (κ2) is 7.32. The zero-order valence-electron chi connectivity index (χ0n) is 14.3. The van der Waals surface area contributed by atoms with Crippen LogP contribution in [-0.2, 0) is 11.3 Å². The van der Waals surface area contributed by atoms with Gasteiger partial charge in [-0.25, -0.2) is 0 Å². The van der Waals surface area contributed by atoms with Crippen LogP contribution in [0.25, 0.3) is 10.8 Å². The number of rotatable bonds is 5. The highest BCUT2D eigenvalue weighted by Gasteiger charge is 2.12. The maximum atomic E-state index is 12.6. The number of fused-ring (bicyclic) bond motifs is 1. The lowest BCUT2D eigenvalue weighted by molar-refractivity contribution is 0.102. The van der Waals surface area contributed by atoms with Crippen molar-refractivity contribution in [1.29, 1.82) is 0 Å². The normalized spacial score (nSPS) is 10.8. The van der Waals surface area contributed by atoms with E-state index in [4.69, 9.17) is 4.74 Å². The third-order valence-electron chi connectivity index (χ3n) is 4.19. The SMILES string of the molecule is COCCn1ccc2c(NC(=O)c3ccccc3C)cccc2c1=O. The second-order valence-electron chi connectivity index (χ2n) is 5.84. The van der Waals surface area contributed by atoms with E-state index in [-0.39, 0.29) is 11.5 Å². The first-order valence-corrected chi connectivity index (χ1v) is 8.10. The third kappa shape index (κ3) is 3.46. The van der Waals surface area contributed by atoms with Gasteiger partial charge in [0.1, 0.15) is 0 Å². The topological polar surface area (TPSA) is 60.3 Å². The monoisotopic (exact) mass is 336 g/mol. The predicted octanol–water partition coefficient (Wildman–Crippen LogP) is 3.21. The molecule has 1 N–H and O–H groups in total. The van der Waals surface area contributed by atoms with Crippen LogP contribution in [0.5, 0.6) is 0 Å². The number of aryl methyl sites for hydroxylation is 1. The molecule has 0 radical (unpaired) electrons. The summed E-state index contributed by atoms with van der Waals surface area (Å²) in [4.78, 5) is 25.2. The molecular formula is C20H20N2O3. The predicted molar refractivity (Wildman–Crippen MR) is 99.2 cm³/mol. The van der Waals surface area contributed by atoms with E-state index < -0.39 is 0 Å². The van der Waals surface area contributed by atoms with Crippen molar-refractivity contribution >= 4 is 22.4 Å². The number of amides is 1. The van der Waals surface area contributed by atoms with Gasteiger partial charge >= 0.3 is 0 Å². The maximum Gasteiger partial charge on any atom is 0.258 e. The Labute approximate surface area is 145 Å². The summed E-state index contributed by atoms with van der Waals surface area (Å²) in [5.41, 5.74) is 2.05. The molecule has 0 aliphatic heterocycles. The van der Waals surface area contributed by atoms with Gasteiger partial charge in [-0.1, -0.05) is 24.3 Å². The molecule has 5 heteroatoms. The van der Waals surface area contributed by atoms with E-state index in [1.807, 2.05) is 31.2 Å². The van der Waals surface area contributed by atoms with E-state index in [1.165, 1.54) is 0 Å². The van der Waals surface area contributed by atoms with E-state index in [1.54, 1.807) is 42.1 Å². The van der Waals surface area contributed by atoms with Gasteiger partial charge < -0.3 is 14.6 Å². The van der Waals surface area contributed by atoms with Gasteiger partial charge in [-0.15, -0.1) is 0 Å². The second-order valence-corrected chi connectivity index (χ2v) is 5.84. The van der Waals surface area contributed by atoms with E-state index in [9.17, 15) is 9.59 Å². The molecule has 0 aliphatic carbocycles. The van der Waals surface area contributed by atoms with Gasteiger partial charge in [0.05, 0.1) is 6.61 Å². The molecular weight excluding hydrogens is 316 g/mol. The van der Waals surface area contributed by atoms with Crippen LogP contribution in [0.3, 0.4) is 0 Å². The fraction of sp³-hybridized carbons (Fsp3) is 0.200. The molecule has 0 saturated heterocycles. The number of carbonyl (C=O) groups is 1. The van der Waals surface area contributed by atoms with Gasteiger partial charge in [0.2, 0.25) is 0 Å². The number of nitrogens with one attached hydrogen (secondary N) is 1. The first-order chi connectivity index (χ1) is 12.1. The molecule has 0 saturated carbocycles. The fourth-order valence-electron chi connectivity index (χ4n) is 2.81. The largest absolute Gasteiger partial charge is 0.383 e. The van der Waals surface area contributed by atoms with Gasteiger partial charge in [0, 0.05) is 41.9 Å². The number of aromatic nitrogens is 1. The van der Waals surface area contributed by atoms with Crippen molar-refractivity contribution in [2.24, 2.45) is 0 Å². The lowest BCUT2D eigenvalue weighted by Gasteiger charge is -2.12. The van der Waals surface area contributed by atoms with Crippen molar-refractivity contribution in [3.05, 3.63) is 76.2 Å². The lowest BCUT2D eigenvalue weighted by Crippen LogP contribution is -2.22. The number of ether oxygens (including phenoxy) is 1. The first kappa shape index (κ1) is 16.9. The van der Waals surface area contributed by atoms with Crippen LogP contribution in [0.15, 0.2) is 59.5 Å². The lowest BCUT2D eigenvalue weighted by atomic mass is 10.1. The summed E-state index contributed by atoms with van der Waals surface area (Å²) in [6.07, 6.45) is 1.73. The molecule has 25 heavy (non-hydrogen) atoms. The number of carbonyl (C=O) groups excluding carboxylic acids is 1. The molecule has 1 amide bonds. The third-order valence-corrected chi connectivity index (χ3v) is 4.19. The minimum Gasteiger partial charge on any atom is -0.383 e. The number of nitrogens with zero attached hydrogens (tertiary/aromatic N) is 1. The Kier molecular flexibility index (Phi) is 4.95. The Morgan fingerprint density at radius 3 is 2.64 bits per heavy atom. The van der Waals surface area contributed by atoms with Crippen LogP contribution >= 0.6 is 0 Å². The number of anilines is 1. The van der Waals surface area contributed by atoms with Crippen LogP contribution in [0.2, 0.25) is 0 Å². The molecule has 0 fully saturated rings. The number of hydrogen-bond acceptors (Lipinski definition) is 3. The van der Waals surface area contributed by atoms with Gasteiger partial charge in [-0.2, -0.15) is 0 Å². The highest BCUT2D eigenvalue weighted by atomic mass is 16.5. The van der Waals surface area contributed by atoms with Crippen LogP contribution < -0.4 is 10.9 Å². The summed E-state index contributed by atoms with van der Waals surface area (Å²) in [6.45, 7) is 2.85. The molecule has 0 atom stereocenters. The van der Waals surface area contributed by atoms with Gasteiger partial charge in [-0.3, -0.25) is 9.59 Å². The summed E-state index contributed by atoms with van der Waals surface area (Å²) in [6, 6.07) is 14.6. The molecule has 2 aromatic carbocycles. The number of hydrogen-bond donors (Lipinski definition) is 1. The summed E-state index contributed by atoms with van der Waals surface area (Å²) in [7, 11) is 1.60. The zero-order valence-corrected chi connectivity index (χ0v) is 14.3. The molecule has 3 rings (SSSR count). The molecule has 3 aromatic rings. The summed E-state index contributed by atoms with van der Waals surface area (Å²) in [5, 5.41) is 4.22. The van der Waals surface area contributed by atoms with Gasteiger partial charge in [0.25, 0.3) is 11.5 Å². The molecule has 5 nitrogen and oxygen atoms in total. The Balaban J connectivity index is 1.97. The molecule has 0 bridgehead atoms. The van der Waals surface area contributed by atoms with E-state index in [0.29, 0.717) is 29.8 Å². The van der Waals surface area contributed by atoms with Crippen LogP contribution in [0, 0.1) is 6.92 Å². The Morgan fingerprint density at radius 1 is 1.08 bits per heavy atom. The highest BCUT2D eigenvalue weighted by Crippen LogP contribution is 2.22. The molecule has 0 spiro atoms. The Morgan fingerprint density at radius 2 is 1.88 bits per heavy atom. The zero-order chi connectivity index (χ0) is 17.8. The molecule has 128 valence electrons. The quantitative estimate of drug-likeness (QED) is 0.778. The molecule has 1 heterocycles. The first-order valence-electron chi connectivity index (χ1n) is 8.10. The minimum absolute atomic E-state index is 0.0958. The number of methoxy groups -OCH3 is 1. The van der Waals surface area contributed by atoms with Crippen LogP contribution in [0.4, 0.5) is 5.69 Å². The minimum atomic E-state index is -0.186. The fourth-order valence-corrected chi connectivity index (χ4v) is 2.81. The number of pyridine rings is 1. The maximum absolute atomic E-state index is 12.6. The summed E-state index contributed by atoms with van der Waals surface area (Å²) < 4.78 is 6.64. The van der Waals surface area contributed by atoms with Crippen molar-refractivity contribution in [2.45, 2.75) is 13.5 Å².